The molecule has 1 N–H and O–H groups in total. The van der Waals surface area contributed by atoms with Crippen LogP contribution in [-0.2, 0) is 6.42 Å². The number of benzene rings is 2. The molecule has 3 rings (SSSR count). The van der Waals surface area contributed by atoms with Crippen LogP contribution in [0.2, 0.25) is 0 Å². The van der Waals surface area contributed by atoms with E-state index in [2.05, 4.69) is 28.5 Å². The van der Waals surface area contributed by atoms with Crippen molar-refractivity contribution in [2.45, 2.75) is 12.5 Å². The van der Waals surface area contributed by atoms with Gasteiger partial charge < -0.3 is 24.2 Å². The van der Waals surface area contributed by atoms with Crippen molar-refractivity contribution >= 4 is 30.5 Å². The number of methoxy groups -OCH3 is 2. The molecule has 0 aromatic heterocycles. The lowest BCUT2D eigenvalue weighted by molar-refractivity contribution is 0.0653. The molecule has 2 aromatic carbocycles. The van der Waals surface area contributed by atoms with Crippen molar-refractivity contribution in [3.8, 4) is 17.2 Å². The van der Waals surface area contributed by atoms with Crippen LogP contribution < -0.4 is 19.1 Å². The Bertz CT molecular complexity index is 812. The molecule has 0 bridgehead atoms. The zero-order valence-electron chi connectivity index (χ0n) is 18.7. The molecule has 1 aliphatic heterocycles. The zero-order valence-corrected chi connectivity index (χ0v) is 20.4. The van der Waals surface area contributed by atoms with Crippen molar-refractivity contribution in [1.82, 2.24) is 4.90 Å². The third kappa shape index (κ3) is 7.78. The van der Waals surface area contributed by atoms with Gasteiger partial charge in [-0.15, -0.1) is 31.4 Å². The first-order valence-corrected chi connectivity index (χ1v) is 10.3. The third-order valence-corrected chi connectivity index (χ3v) is 5.32. The van der Waals surface area contributed by atoms with Gasteiger partial charge in [-0.05, 0) is 48.4 Å². The Morgan fingerprint density at radius 1 is 0.969 bits per heavy atom. The van der Waals surface area contributed by atoms with Gasteiger partial charge >= 0.3 is 0 Å². The highest BCUT2D eigenvalue weighted by atomic mass is 35.5. The van der Waals surface area contributed by atoms with E-state index in [1.54, 1.807) is 14.2 Å². The molecule has 1 aliphatic rings. The van der Waals surface area contributed by atoms with Gasteiger partial charge in [-0.1, -0.05) is 12.1 Å². The number of allylic oxidation sites excluding steroid dienone is 1. The number of anilines is 1. The first-order valence-electron chi connectivity index (χ1n) is 10.3. The van der Waals surface area contributed by atoms with Crippen LogP contribution in [0.25, 0.3) is 0 Å². The molecule has 0 amide bonds. The molecular formula is C24H34Cl2N2O4. The summed E-state index contributed by atoms with van der Waals surface area (Å²) >= 11 is 0. The lowest BCUT2D eigenvalue weighted by Crippen LogP contribution is -2.49. The maximum absolute atomic E-state index is 10.5. The van der Waals surface area contributed by atoms with E-state index < -0.39 is 6.10 Å². The van der Waals surface area contributed by atoms with Gasteiger partial charge in [0.25, 0.3) is 0 Å². The summed E-state index contributed by atoms with van der Waals surface area (Å²) < 4.78 is 16.5. The molecule has 178 valence electrons. The molecule has 1 saturated heterocycles. The summed E-state index contributed by atoms with van der Waals surface area (Å²) in [4.78, 5) is 4.63. The van der Waals surface area contributed by atoms with E-state index in [1.165, 1.54) is 5.69 Å². The topological polar surface area (TPSA) is 54.4 Å². The number of ether oxygens (including phenoxy) is 3. The molecule has 0 spiro atoms. The predicted molar refractivity (Wildman–Crippen MR) is 135 cm³/mol. The van der Waals surface area contributed by atoms with Crippen molar-refractivity contribution in [2.24, 2.45) is 0 Å². The molecule has 0 saturated carbocycles. The SMILES string of the molecule is C=CCc1ccc(OCC(O)CN2CCN(c3ccc(OC)cc3)CC2)c(OC)c1.Cl.Cl. The fraction of sp³-hybridized carbons (Fsp3) is 0.417. The predicted octanol–water partition coefficient (Wildman–Crippen LogP) is 3.84. The second-order valence-corrected chi connectivity index (χ2v) is 7.43. The molecule has 2 aromatic rings. The van der Waals surface area contributed by atoms with E-state index in [-0.39, 0.29) is 31.4 Å². The van der Waals surface area contributed by atoms with Crippen LogP contribution in [0.1, 0.15) is 5.56 Å². The molecule has 8 heteroatoms. The molecule has 1 unspecified atom stereocenters. The zero-order chi connectivity index (χ0) is 21.3. The third-order valence-electron chi connectivity index (χ3n) is 5.32. The Morgan fingerprint density at radius 2 is 1.66 bits per heavy atom. The van der Waals surface area contributed by atoms with Crippen LogP contribution in [0, 0.1) is 0 Å². The Morgan fingerprint density at radius 3 is 2.25 bits per heavy atom. The minimum atomic E-state index is -0.560. The molecular weight excluding hydrogens is 451 g/mol. The van der Waals surface area contributed by atoms with Crippen molar-refractivity contribution in [3.63, 3.8) is 0 Å². The minimum Gasteiger partial charge on any atom is -0.497 e. The fourth-order valence-electron chi connectivity index (χ4n) is 3.64. The Kier molecular flexibility index (Phi) is 12.3. The van der Waals surface area contributed by atoms with Gasteiger partial charge in [-0.25, -0.2) is 0 Å². The van der Waals surface area contributed by atoms with Crippen LogP contribution >= 0.6 is 24.8 Å². The standard InChI is InChI=1S/C24H32N2O4.2ClH/c1-4-5-19-6-11-23(24(16-19)29-3)30-18-21(27)17-25-12-14-26(15-13-25)20-7-9-22(28-2)10-8-20;;/h4,6-11,16,21,27H,1,5,12-15,17-18H2,2-3H3;2*1H. The van der Waals surface area contributed by atoms with E-state index in [0.717, 1.165) is 43.9 Å². The van der Waals surface area contributed by atoms with E-state index in [1.807, 2.05) is 36.4 Å². The average Bonchev–Trinajstić information content (AvgIpc) is 2.79. The molecule has 1 heterocycles. The second-order valence-electron chi connectivity index (χ2n) is 7.43. The van der Waals surface area contributed by atoms with E-state index in [0.29, 0.717) is 18.0 Å². The second kappa shape index (κ2) is 14.1. The van der Waals surface area contributed by atoms with Crippen molar-refractivity contribution < 1.29 is 19.3 Å². The average molecular weight is 485 g/mol. The van der Waals surface area contributed by atoms with Crippen LogP contribution in [0.5, 0.6) is 17.2 Å². The molecule has 32 heavy (non-hydrogen) atoms. The summed E-state index contributed by atoms with van der Waals surface area (Å²) in [5.74, 6) is 2.19. The quantitative estimate of drug-likeness (QED) is 0.517. The summed E-state index contributed by atoms with van der Waals surface area (Å²) in [5.41, 5.74) is 2.32. The lowest BCUT2D eigenvalue weighted by atomic mass is 10.1. The van der Waals surface area contributed by atoms with Crippen molar-refractivity contribution in [2.75, 3.05) is 58.5 Å². The summed E-state index contributed by atoms with van der Waals surface area (Å²) in [7, 11) is 3.30. The smallest absolute Gasteiger partial charge is 0.161 e. The fourth-order valence-corrected chi connectivity index (χ4v) is 3.64. The van der Waals surface area contributed by atoms with Crippen LogP contribution in [0.4, 0.5) is 5.69 Å². The molecule has 0 radical (unpaired) electrons. The van der Waals surface area contributed by atoms with Gasteiger partial charge in [0.1, 0.15) is 18.5 Å². The molecule has 6 nitrogen and oxygen atoms in total. The number of aliphatic hydroxyl groups excluding tert-OH is 1. The summed E-state index contributed by atoms with van der Waals surface area (Å²) in [6.45, 7) is 8.25. The van der Waals surface area contributed by atoms with Gasteiger partial charge in [0, 0.05) is 38.4 Å². The number of hydrogen-bond acceptors (Lipinski definition) is 6. The monoisotopic (exact) mass is 484 g/mol. The number of piperazine rings is 1. The minimum absolute atomic E-state index is 0. The number of halogens is 2. The van der Waals surface area contributed by atoms with Crippen LogP contribution in [0.15, 0.2) is 55.1 Å². The highest BCUT2D eigenvalue weighted by molar-refractivity contribution is 5.85. The number of β-amino-alcohol motifs (C(OH)–C–C–N with tert-alkyl or cyclic N) is 1. The Hall–Kier alpha value is -2.12. The number of aliphatic hydroxyl groups is 1. The van der Waals surface area contributed by atoms with E-state index >= 15 is 0 Å². The normalized spacial score (nSPS) is 14.5. The van der Waals surface area contributed by atoms with Gasteiger partial charge in [-0.2, -0.15) is 0 Å². The molecule has 0 aliphatic carbocycles. The largest absolute Gasteiger partial charge is 0.497 e. The van der Waals surface area contributed by atoms with Gasteiger partial charge in [0.2, 0.25) is 0 Å². The van der Waals surface area contributed by atoms with Gasteiger partial charge in [-0.3, -0.25) is 4.90 Å². The summed E-state index contributed by atoms with van der Waals surface area (Å²) in [6.07, 6.45) is 2.07. The Balaban J connectivity index is 0.00000256. The van der Waals surface area contributed by atoms with Gasteiger partial charge in [0.15, 0.2) is 11.5 Å². The van der Waals surface area contributed by atoms with E-state index in [4.69, 9.17) is 14.2 Å². The number of rotatable bonds is 10. The highest BCUT2D eigenvalue weighted by Crippen LogP contribution is 2.28. The number of nitrogens with zero attached hydrogens (tertiary/aromatic N) is 2. The van der Waals surface area contributed by atoms with Crippen LogP contribution in [-0.4, -0.2) is 69.7 Å². The van der Waals surface area contributed by atoms with Crippen molar-refractivity contribution in [1.29, 1.82) is 0 Å². The van der Waals surface area contributed by atoms with Crippen molar-refractivity contribution in [3.05, 3.63) is 60.7 Å². The lowest BCUT2D eigenvalue weighted by Gasteiger charge is -2.36. The first-order chi connectivity index (χ1) is 14.6. The number of hydrogen-bond donors (Lipinski definition) is 1. The summed E-state index contributed by atoms with van der Waals surface area (Å²) in [6, 6.07) is 14.0. The highest BCUT2D eigenvalue weighted by Gasteiger charge is 2.20. The van der Waals surface area contributed by atoms with E-state index in [9.17, 15) is 5.11 Å². The summed E-state index contributed by atoms with van der Waals surface area (Å²) in [5, 5.41) is 10.5. The molecule has 1 fully saturated rings. The Labute approximate surface area is 203 Å². The maximum Gasteiger partial charge on any atom is 0.161 e. The van der Waals surface area contributed by atoms with Gasteiger partial charge in [0.05, 0.1) is 14.2 Å². The first kappa shape index (κ1) is 27.9. The molecule has 1 atom stereocenters. The van der Waals surface area contributed by atoms with Crippen LogP contribution in [0.3, 0.4) is 0 Å². The maximum atomic E-state index is 10.5.